The molecule has 1 aromatic carbocycles. The summed E-state index contributed by atoms with van der Waals surface area (Å²) in [6.07, 6.45) is -5.92. The number of alkyl halides is 3. The lowest BCUT2D eigenvalue weighted by Crippen LogP contribution is -2.02. The maximum absolute atomic E-state index is 13.3. The molecule has 1 unspecified atom stereocenters. The second-order valence-electron chi connectivity index (χ2n) is 3.59. The van der Waals surface area contributed by atoms with Gasteiger partial charge in [0.05, 0.1) is 0 Å². The van der Waals surface area contributed by atoms with Crippen molar-refractivity contribution in [2.75, 3.05) is 0 Å². The van der Waals surface area contributed by atoms with E-state index in [-0.39, 0.29) is 17.1 Å². The van der Waals surface area contributed by atoms with E-state index < -0.39 is 35.6 Å². The first-order chi connectivity index (χ1) is 7.91. The Kier molecular flexibility index (Phi) is 3.95. The van der Waals surface area contributed by atoms with Crippen molar-refractivity contribution in [3.8, 4) is 0 Å². The van der Waals surface area contributed by atoms with E-state index in [1.807, 2.05) is 0 Å². The van der Waals surface area contributed by atoms with Crippen molar-refractivity contribution in [2.45, 2.75) is 19.5 Å². The Morgan fingerprint density at radius 2 is 1.72 bits per heavy atom. The van der Waals surface area contributed by atoms with Crippen LogP contribution < -0.4 is 6.15 Å². The van der Waals surface area contributed by atoms with Gasteiger partial charge in [-0.05, 0) is 13.0 Å². The minimum absolute atomic E-state index is 0. The highest BCUT2D eigenvalue weighted by atomic mass is 19.3. The Bertz CT molecular complexity index is 566. The highest BCUT2D eigenvalue weighted by Gasteiger charge is 2.29. The van der Waals surface area contributed by atoms with E-state index in [1.165, 1.54) is 6.92 Å². The van der Waals surface area contributed by atoms with Gasteiger partial charge in [0.1, 0.15) is 11.6 Å². The summed E-state index contributed by atoms with van der Waals surface area (Å²) in [5.41, 5.74) is -0.437. The fraction of sp³-hybridized carbons (Fsp3) is 0.273. The lowest BCUT2D eigenvalue weighted by Gasteiger charge is -2.03. The summed E-state index contributed by atoms with van der Waals surface area (Å²) in [4.78, 5) is 0. The Morgan fingerprint density at radius 1 is 1.11 bits per heavy atom. The van der Waals surface area contributed by atoms with Crippen molar-refractivity contribution in [3.63, 3.8) is 0 Å². The minimum atomic E-state index is -3.28. The van der Waals surface area contributed by atoms with E-state index in [1.54, 1.807) is 0 Å². The molecule has 0 aliphatic rings. The summed E-state index contributed by atoms with van der Waals surface area (Å²) in [5.74, 6) is -2.59. The maximum Gasteiger partial charge on any atom is 0.276 e. The first-order valence-corrected chi connectivity index (χ1v) is 4.72. The summed E-state index contributed by atoms with van der Waals surface area (Å²) < 4.78 is 68.4. The Hall–Kier alpha value is -1.63. The van der Waals surface area contributed by atoms with Crippen LogP contribution >= 0.6 is 0 Å². The van der Waals surface area contributed by atoms with Gasteiger partial charge < -0.3 is 10.6 Å². The molecular weight excluding hydrogens is 257 g/mol. The van der Waals surface area contributed by atoms with Crippen LogP contribution in [0.4, 0.5) is 22.0 Å². The lowest BCUT2D eigenvalue weighted by molar-refractivity contribution is 0.0380. The zero-order chi connectivity index (χ0) is 12.7. The third kappa shape index (κ3) is 2.17. The van der Waals surface area contributed by atoms with Crippen LogP contribution in [0.3, 0.4) is 0 Å². The van der Waals surface area contributed by atoms with Gasteiger partial charge in [-0.25, -0.2) is 22.0 Å². The first-order valence-electron chi connectivity index (χ1n) is 4.72. The average Bonchev–Trinajstić information content (AvgIpc) is 2.56. The van der Waals surface area contributed by atoms with Crippen molar-refractivity contribution in [3.05, 3.63) is 35.1 Å². The lowest BCUT2D eigenvalue weighted by atomic mass is 10.1. The van der Waals surface area contributed by atoms with Crippen molar-refractivity contribution in [1.29, 1.82) is 0 Å². The van der Waals surface area contributed by atoms with E-state index in [4.69, 9.17) is 4.42 Å². The molecule has 0 amide bonds. The van der Waals surface area contributed by atoms with Crippen LogP contribution in [-0.4, -0.2) is 6.43 Å². The van der Waals surface area contributed by atoms with Gasteiger partial charge in [0, 0.05) is 17.0 Å². The zero-order valence-electron chi connectivity index (χ0n) is 9.31. The second kappa shape index (κ2) is 4.93. The molecule has 2 aromatic rings. The molecule has 0 bridgehead atoms. The maximum atomic E-state index is 13.3. The fourth-order valence-corrected chi connectivity index (χ4v) is 1.64. The van der Waals surface area contributed by atoms with Gasteiger partial charge in [0.25, 0.3) is 6.43 Å². The fourth-order valence-electron chi connectivity index (χ4n) is 1.64. The van der Waals surface area contributed by atoms with Crippen molar-refractivity contribution < 1.29 is 26.4 Å². The molecular formula is C11H10F5NO. The van der Waals surface area contributed by atoms with Gasteiger partial charge in [-0.15, -0.1) is 0 Å². The van der Waals surface area contributed by atoms with Crippen molar-refractivity contribution in [1.82, 2.24) is 6.15 Å². The van der Waals surface area contributed by atoms with Gasteiger partial charge in [0.15, 0.2) is 11.4 Å². The number of hydrogen-bond acceptors (Lipinski definition) is 2. The molecule has 7 heteroatoms. The third-order valence-corrected chi connectivity index (χ3v) is 2.47. The Balaban J connectivity index is 0.00000162. The van der Waals surface area contributed by atoms with Gasteiger partial charge in [-0.1, -0.05) is 0 Å². The van der Waals surface area contributed by atoms with Crippen LogP contribution in [0.1, 0.15) is 17.5 Å². The standard InChI is InChI=1S/C11H7F5O.H3N/c1-4-6-2-5(12)3-7(13)10(6)17-9(4)8(14)11(15)16;/h2-3,8,11H,1H3;1H3. The molecule has 1 aromatic heterocycles. The molecule has 100 valence electrons. The van der Waals surface area contributed by atoms with Crippen LogP contribution in [-0.2, 0) is 0 Å². The minimum Gasteiger partial charge on any atom is -0.454 e. The van der Waals surface area contributed by atoms with Gasteiger partial charge in [-0.2, -0.15) is 0 Å². The van der Waals surface area contributed by atoms with E-state index in [0.717, 1.165) is 6.07 Å². The summed E-state index contributed by atoms with van der Waals surface area (Å²) in [5, 5.41) is -0.0409. The molecule has 1 atom stereocenters. The van der Waals surface area contributed by atoms with Crippen LogP contribution in [0.2, 0.25) is 0 Å². The predicted molar refractivity (Wildman–Crippen MR) is 55.7 cm³/mol. The van der Waals surface area contributed by atoms with Gasteiger partial charge >= 0.3 is 0 Å². The molecule has 0 aliphatic carbocycles. The Morgan fingerprint density at radius 3 is 2.28 bits per heavy atom. The first kappa shape index (κ1) is 14.4. The number of aryl methyl sites for hydroxylation is 1. The van der Waals surface area contributed by atoms with Crippen LogP contribution in [0, 0.1) is 18.6 Å². The number of fused-ring (bicyclic) bond motifs is 1. The Labute approximate surface area is 99.0 Å². The highest BCUT2D eigenvalue weighted by Crippen LogP contribution is 2.35. The monoisotopic (exact) mass is 267 g/mol. The van der Waals surface area contributed by atoms with E-state index in [0.29, 0.717) is 6.07 Å². The van der Waals surface area contributed by atoms with Crippen molar-refractivity contribution >= 4 is 11.0 Å². The van der Waals surface area contributed by atoms with E-state index >= 15 is 0 Å². The number of rotatable bonds is 2. The molecule has 2 nitrogen and oxygen atoms in total. The normalized spacial score (nSPS) is 12.8. The summed E-state index contributed by atoms with van der Waals surface area (Å²) in [6.45, 7) is 1.27. The second-order valence-corrected chi connectivity index (χ2v) is 3.59. The topological polar surface area (TPSA) is 48.1 Å². The average molecular weight is 267 g/mol. The smallest absolute Gasteiger partial charge is 0.276 e. The highest BCUT2D eigenvalue weighted by molar-refractivity contribution is 5.82. The quantitative estimate of drug-likeness (QED) is 0.817. The van der Waals surface area contributed by atoms with Gasteiger partial charge in [-0.3, -0.25) is 0 Å². The molecule has 0 radical (unpaired) electrons. The molecule has 0 spiro atoms. The summed E-state index contributed by atoms with van der Waals surface area (Å²) >= 11 is 0. The number of furan rings is 1. The summed E-state index contributed by atoms with van der Waals surface area (Å²) in [6, 6.07) is 1.46. The van der Waals surface area contributed by atoms with Gasteiger partial charge in [0.2, 0.25) is 6.17 Å². The molecule has 0 saturated heterocycles. The molecule has 18 heavy (non-hydrogen) atoms. The largest absolute Gasteiger partial charge is 0.454 e. The van der Waals surface area contributed by atoms with Crippen LogP contribution in [0.25, 0.3) is 11.0 Å². The zero-order valence-corrected chi connectivity index (χ0v) is 9.31. The van der Waals surface area contributed by atoms with Crippen LogP contribution in [0.5, 0.6) is 0 Å². The molecule has 1 heterocycles. The number of hydrogen-bond donors (Lipinski definition) is 1. The number of halogens is 5. The van der Waals surface area contributed by atoms with E-state index in [9.17, 15) is 22.0 Å². The molecule has 0 aliphatic heterocycles. The molecule has 3 N–H and O–H groups in total. The van der Waals surface area contributed by atoms with Crippen LogP contribution in [0.15, 0.2) is 16.5 Å². The molecule has 2 rings (SSSR count). The molecule has 0 fully saturated rings. The predicted octanol–water partition coefficient (Wildman–Crippen LogP) is 4.46. The molecule has 0 saturated carbocycles. The van der Waals surface area contributed by atoms with E-state index in [2.05, 4.69) is 0 Å². The number of benzene rings is 1. The summed E-state index contributed by atoms with van der Waals surface area (Å²) in [7, 11) is 0. The SMILES string of the molecule is Cc1c(C(F)C(F)F)oc2c(F)cc(F)cc12.N. The third-order valence-electron chi connectivity index (χ3n) is 2.47. The van der Waals surface area contributed by atoms with Crippen molar-refractivity contribution in [2.24, 2.45) is 0 Å².